The van der Waals surface area contributed by atoms with E-state index >= 15 is 0 Å². The molecular weight excluding hydrogens is 409 g/mol. The number of rotatable bonds is 5. The summed E-state index contributed by atoms with van der Waals surface area (Å²) in [6, 6.07) is 9.28. The third-order valence-corrected chi connectivity index (χ3v) is 6.19. The minimum absolute atomic E-state index is 0.126. The van der Waals surface area contributed by atoms with Crippen LogP contribution in [-0.4, -0.2) is 50.1 Å². The van der Waals surface area contributed by atoms with E-state index in [1.54, 1.807) is 36.1 Å². The third-order valence-electron chi connectivity index (χ3n) is 4.91. The fourth-order valence-electron chi connectivity index (χ4n) is 3.16. The topological polar surface area (TPSA) is 91.5 Å². The molecule has 1 saturated heterocycles. The monoisotopic (exact) mass is 429 g/mol. The number of halogens is 1. The largest absolute Gasteiger partial charge is 0.616 e. The van der Waals surface area contributed by atoms with Crippen molar-refractivity contribution >= 4 is 17.1 Å². The standard InChI is InChI=1S/C21H20FN3O4S/c1-14-18(20(24-29-14)15-2-5-17(22)6-3-15)13-28-19-7-4-16(12-23-19)21(26)25-8-10-30(27)11-9-25/h2-7,12H,8-11,13H2,1H3. The predicted molar refractivity (Wildman–Crippen MR) is 109 cm³/mol. The Morgan fingerprint density at radius 1 is 1.23 bits per heavy atom. The van der Waals surface area contributed by atoms with Crippen LogP contribution >= 0.6 is 0 Å². The predicted octanol–water partition coefficient (Wildman–Crippen LogP) is 2.97. The third kappa shape index (κ3) is 4.47. The van der Waals surface area contributed by atoms with Gasteiger partial charge in [0.25, 0.3) is 5.91 Å². The van der Waals surface area contributed by atoms with E-state index in [1.807, 2.05) is 0 Å². The summed E-state index contributed by atoms with van der Waals surface area (Å²) >= 11 is -0.835. The van der Waals surface area contributed by atoms with Crippen molar-refractivity contribution in [1.29, 1.82) is 0 Å². The average molecular weight is 429 g/mol. The number of benzene rings is 1. The Bertz CT molecular complexity index is 1020. The Hall–Kier alpha value is -2.91. The lowest BCUT2D eigenvalue weighted by atomic mass is 10.1. The van der Waals surface area contributed by atoms with Crippen LogP contribution in [0.3, 0.4) is 0 Å². The Kier molecular flexibility index (Phi) is 6.01. The number of aromatic nitrogens is 2. The van der Waals surface area contributed by atoms with Crippen molar-refractivity contribution in [3.05, 3.63) is 65.3 Å². The van der Waals surface area contributed by atoms with Crippen molar-refractivity contribution in [2.75, 3.05) is 24.6 Å². The minimum Gasteiger partial charge on any atom is -0.616 e. The molecule has 1 aliphatic rings. The molecule has 9 heteroatoms. The Balaban J connectivity index is 1.42. The van der Waals surface area contributed by atoms with Gasteiger partial charge in [0.1, 0.15) is 35.4 Å². The molecule has 156 valence electrons. The Morgan fingerprint density at radius 2 is 1.97 bits per heavy atom. The van der Waals surface area contributed by atoms with Crippen molar-refractivity contribution in [3.8, 4) is 17.1 Å². The maximum atomic E-state index is 13.2. The lowest BCUT2D eigenvalue weighted by molar-refractivity contribution is 0.0769. The first-order valence-corrected chi connectivity index (χ1v) is 10.9. The van der Waals surface area contributed by atoms with Gasteiger partial charge in [-0.3, -0.25) is 4.79 Å². The molecular formula is C21H20FN3O4S. The van der Waals surface area contributed by atoms with E-state index in [1.165, 1.54) is 18.3 Å². The number of amides is 1. The van der Waals surface area contributed by atoms with Crippen LogP contribution in [0.25, 0.3) is 11.3 Å². The fourth-order valence-corrected chi connectivity index (χ4v) is 4.21. The van der Waals surface area contributed by atoms with Gasteiger partial charge >= 0.3 is 0 Å². The quantitative estimate of drug-likeness (QED) is 0.579. The SMILES string of the molecule is Cc1onc(-c2ccc(F)cc2)c1COc1ccc(C(=O)N2CC[S+]([O-])CC2)cn1. The number of nitrogens with zero attached hydrogens (tertiary/aromatic N) is 3. The number of aryl methyl sites for hydroxylation is 1. The second kappa shape index (κ2) is 8.85. The molecule has 0 bridgehead atoms. The average Bonchev–Trinajstić information content (AvgIpc) is 3.13. The van der Waals surface area contributed by atoms with Crippen molar-refractivity contribution < 1.29 is 23.0 Å². The highest BCUT2D eigenvalue weighted by molar-refractivity contribution is 7.91. The van der Waals surface area contributed by atoms with Crippen LogP contribution in [0.15, 0.2) is 47.1 Å². The first-order valence-electron chi connectivity index (χ1n) is 9.45. The van der Waals surface area contributed by atoms with Crippen LogP contribution in [-0.2, 0) is 17.8 Å². The normalized spacial score (nSPS) is 14.7. The molecule has 0 aliphatic carbocycles. The molecule has 1 fully saturated rings. The first kappa shape index (κ1) is 20.4. The van der Waals surface area contributed by atoms with Gasteiger partial charge in [-0.2, -0.15) is 0 Å². The van der Waals surface area contributed by atoms with E-state index in [0.29, 0.717) is 47.5 Å². The molecule has 4 rings (SSSR count). The van der Waals surface area contributed by atoms with Crippen LogP contribution in [0.5, 0.6) is 5.88 Å². The molecule has 3 heterocycles. The van der Waals surface area contributed by atoms with Crippen LogP contribution in [0.1, 0.15) is 21.7 Å². The van der Waals surface area contributed by atoms with Gasteiger partial charge in [0, 0.05) is 17.8 Å². The van der Waals surface area contributed by atoms with Crippen LogP contribution in [0.2, 0.25) is 0 Å². The number of pyridine rings is 1. The van der Waals surface area contributed by atoms with Crippen molar-refractivity contribution in [2.24, 2.45) is 0 Å². The number of carbonyl (C=O) groups is 1. The zero-order chi connectivity index (χ0) is 21.1. The summed E-state index contributed by atoms with van der Waals surface area (Å²) in [6.07, 6.45) is 1.48. The van der Waals surface area contributed by atoms with Gasteiger partial charge in [-0.1, -0.05) is 16.3 Å². The van der Waals surface area contributed by atoms with Crippen molar-refractivity contribution in [1.82, 2.24) is 15.0 Å². The lowest BCUT2D eigenvalue weighted by Gasteiger charge is -2.28. The summed E-state index contributed by atoms with van der Waals surface area (Å²) in [5.41, 5.74) is 2.51. The second-order valence-electron chi connectivity index (χ2n) is 6.89. The summed E-state index contributed by atoms with van der Waals surface area (Å²) in [4.78, 5) is 18.4. The van der Waals surface area contributed by atoms with Gasteiger partial charge in [0.05, 0.1) is 24.2 Å². The molecule has 0 spiro atoms. The summed E-state index contributed by atoms with van der Waals surface area (Å²) in [5, 5.41) is 4.05. The molecule has 0 saturated carbocycles. The molecule has 0 radical (unpaired) electrons. The highest BCUT2D eigenvalue weighted by atomic mass is 32.2. The smallest absolute Gasteiger partial charge is 0.255 e. The van der Waals surface area contributed by atoms with Crippen molar-refractivity contribution in [2.45, 2.75) is 13.5 Å². The van der Waals surface area contributed by atoms with Crippen LogP contribution in [0, 0.1) is 12.7 Å². The van der Waals surface area contributed by atoms with Gasteiger partial charge in [-0.05, 0) is 37.3 Å². The van der Waals surface area contributed by atoms with E-state index in [4.69, 9.17) is 9.26 Å². The minimum atomic E-state index is -0.835. The summed E-state index contributed by atoms with van der Waals surface area (Å²) < 4.78 is 35.7. The summed E-state index contributed by atoms with van der Waals surface area (Å²) in [7, 11) is 0. The molecule has 0 N–H and O–H groups in total. The number of hydrogen-bond donors (Lipinski definition) is 0. The molecule has 1 aromatic carbocycles. The van der Waals surface area contributed by atoms with E-state index < -0.39 is 11.2 Å². The zero-order valence-corrected chi connectivity index (χ0v) is 17.2. The van der Waals surface area contributed by atoms with Gasteiger partial charge in [0.15, 0.2) is 0 Å². The lowest BCUT2D eigenvalue weighted by Crippen LogP contribution is -2.43. The van der Waals surface area contributed by atoms with Gasteiger partial charge < -0.3 is 18.7 Å². The van der Waals surface area contributed by atoms with Gasteiger partial charge in [-0.15, -0.1) is 0 Å². The van der Waals surface area contributed by atoms with Crippen LogP contribution in [0.4, 0.5) is 4.39 Å². The molecule has 1 amide bonds. The molecule has 2 aromatic heterocycles. The van der Waals surface area contributed by atoms with Crippen molar-refractivity contribution in [3.63, 3.8) is 0 Å². The summed E-state index contributed by atoms with van der Waals surface area (Å²) in [6.45, 7) is 2.92. The molecule has 0 unspecified atom stereocenters. The Morgan fingerprint density at radius 3 is 2.63 bits per heavy atom. The van der Waals surface area contributed by atoms with E-state index in [2.05, 4.69) is 10.1 Å². The van der Waals surface area contributed by atoms with E-state index in [-0.39, 0.29) is 18.3 Å². The van der Waals surface area contributed by atoms with Gasteiger partial charge in [-0.25, -0.2) is 9.37 Å². The Labute approximate surface area is 176 Å². The number of ether oxygens (including phenoxy) is 1. The fraction of sp³-hybridized carbons (Fsp3) is 0.286. The molecule has 3 aromatic rings. The van der Waals surface area contributed by atoms with Gasteiger partial charge in [0.2, 0.25) is 5.88 Å². The zero-order valence-electron chi connectivity index (χ0n) is 16.3. The summed E-state index contributed by atoms with van der Waals surface area (Å²) in [5.74, 6) is 1.53. The highest BCUT2D eigenvalue weighted by Crippen LogP contribution is 2.26. The second-order valence-corrected chi connectivity index (χ2v) is 8.58. The number of hydrogen-bond acceptors (Lipinski definition) is 6. The van der Waals surface area contributed by atoms with E-state index in [9.17, 15) is 13.7 Å². The van der Waals surface area contributed by atoms with Crippen LogP contribution < -0.4 is 4.74 Å². The highest BCUT2D eigenvalue weighted by Gasteiger charge is 2.24. The molecule has 0 atom stereocenters. The first-order chi connectivity index (χ1) is 14.5. The molecule has 30 heavy (non-hydrogen) atoms. The van der Waals surface area contributed by atoms with E-state index in [0.717, 1.165) is 11.1 Å². The maximum absolute atomic E-state index is 13.2. The number of carbonyl (C=O) groups excluding carboxylic acids is 1. The molecule has 7 nitrogen and oxygen atoms in total. The molecule has 1 aliphatic heterocycles. The maximum Gasteiger partial charge on any atom is 0.255 e.